The van der Waals surface area contributed by atoms with E-state index in [1.165, 1.54) is 19.2 Å². The number of methoxy groups -OCH3 is 1. The first-order valence-electron chi connectivity index (χ1n) is 8.58. The first kappa shape index (κ1) is 19.8. The molecule has 150 valence electrons. The molecule has 2 aromatic carbocycles. The van der Waals surface area contributed by atoms with Crippen LogP contribution in [0.5, 0.6) is 5.75 Å². The third-order valence-electron chi connectivity index (χ3n) is 4.60. The average molecular weight is 398 g/mol. The van der Waals surface area contributed by atoms with Gasteiger partial charge in [0.25, 0.3) is 11.6 Å². The summed E-state index contributed by atoms with van der Waals surface area (Å²) in [5, 5.41) is 16.2. The molecule has 0 spiro atoms. The van der Waals surface area contributed by atoms with E-state index in [0.29, 0.717) is 5.56 Å². The van der Waals surface area contributed by atoms with E-state index in [4.69, 9.17) is 4.74 Å². The Balaban J connectivity index is 1.77. The summed E-state index contributed by atoms with van der Waals surface area (Å²) >= 11 is 0. The summed E-state index contributed by atoms with van der Waals surface area (Å²) in [7, 11) is 1.36. The van der Waals surface area contributed by atoms with Gasteiger partial charge in [0.2, 0.25) is 5.91 Å². The molecular formula is C19H18N4O6. The SMILES string of the molecule is COc1ccc(NC(=O)CN2C(=O)NC(C)(c3ccccc3)C2=O)c([N+](=O)[O-])c1. The van der Waals surface area contributed by atoms with Crippen molar-refractivity contribution in [2.45, 2.75) is 12.5 Å². The topological polar surface area (TPSA) is 131 Å². The van der Waals surface area contributed by atoms with Gasteiger partial charge < -0.3 is 15.4 Å². The van der Waals surface area contributed by atoms with Gasteiger partial charge in [-0.2, -0.15) is 0 Å². The van der Waals surface area contributed by atoms with Gasteiger partial charge in [0, 0.05) is 0 Å². The highest BCUT2D eigenvalue weighted by Crippen LogP contribution is 2.30. The second kappa shape index (κ2) is 7.58. The molecule has 1 fully saturated rings. The number of hydrogen-bond donors (Lipinski definition) is 2. The van der Waals surface area contributed by atoms with Crippen molar-refractivity contribution in [2.75, 3.05) is 19.0 Å². The minimum Gasteiger partial charge on any atom is -0.496 e. The largest absolute Gasteiger partial charge is 0.496 e. The Kier molecular flexibility index (Phi) is 5.18. The fourth-order valence-electron chi connectivity index (χ4n) is 3.04. The highest BCUT2D eigenvalue weighted by atomic mass is 16.6. The van der Waals surface area contributed by atoms with Crippen LogP contribution in [0.2, 0.25) is 0 Å². The van der Waals surface area contributed by atoms with Gasteiger partial charge in [-0.15, -0.1) is 0 Å². The van der Waals surface area contributed by atoms with Crippen LogP contribution in [-0.4, -0.2) is 41.3 Å². The number of ether oxygens (including phenoxy) is 1. The van der Waals surface area contributed by atoms with Crippen LogP contribution in [0, 0.1) is 10.1 Å². The van der Waals surface area contributed by atoms with Gasteiger partial charge in [-0.25, -0.2) is 4.79 Å². The monoisotopic (exact) mass is 398 g/mol. The van der Waals surface area contributed by atoms with Crippen molar-refractivity contribution in [3.05, 3.63) is 64.2 Å². The molecule has 1 aliphatic heterocycles. The van der Waals surface area contributed by atoms with Crippen molar-refractivity contribution in [1.82, 2.24) is 10.2 Å². The van der Waals surface area contributed by atoms with Gasteiger partial charge in [0.05, 0.1) is 18.1 Å². The molecule has 0 saturated carbocycles. The zero-order valence-electron chi connectivity index (χ0n) is 15.7. The highest BCUT2D eigenvalue weighted by molar-refractivity contribution is 6.10. The number of carbonyl (C=O) groups excluding carboxylic acids is 3. The second-order valence-electron chi connectivity index (χ2n) is 6.50. The maximum atomic E-state index is 12.8. The first-order valence-corrected chi connectivity index (χ1v) is 8.58. The van der Waals surface area contributed by atoms with Crippen LogP contribution in [0.15, 0.2) is 48.5 Å². The molecule has 3 rings (SSSR count). The Labute approximate surface area is 165 Å². The lowest BCUT2D eigenvalue weighted by molar-refractivity contribution is -0.384. The van der Waals surface area contributed by atoms with Crippen molar-refractivity contribution < 1.29 is 24.0 Å². The van der Waals surface area contributed by atoms with Crippen molar-refractivity contribution in [2.24, 2.45) is 0 Å². The van der Waals surface area contributed by atoms with Crippen molar-refractivity contribution in [1.29, 1.82) is 0 Å². The molecule has 10 nitrogen and oxygen atoms in total. The lowest BCUT2D eigenvalue weighted by Crippen LogP contribution is -2.42. The molecule has 2 aromatic rings. The minimum atomic E-state index is -1.30. The number of rotatable bonds is 6. The standard InChI is InChI=1S/C19H18N4O6/c1-19(12-6-4-3-5-7-12)17(25)22(18(26)21-19)11-16(24)20-14-9-8-13(29-2)10-15(14)23(27)28/h3-10H,11H2,1-2H3,(H,20,24)(H,21,26). The summed E-state index contributed by atoms with van der Waals surface area (Å²) < 4.78 is 4.94. The first-order chi connectivity index (χ1) is 13.8. The Morgan fingerprint density at radius 3 is 2.55 bits per heavy atom. The molecule has 1 heterocycles. The summed E-state index contributed by atoms with van der Waals surface area (Å²) in [5.41, 5.74) is -1.17. The zero-order valence-corrected chi connectivity index (χ0v) is 15.7. The van der Waals surface area contributed by atoms with Crippen molar-refractivity contribution in [3.8, 4) is 5.75 Å². The van der Waals surface area contributed by atoms with E-state index < -0.39 is 34.9 Å². The maximum absolute atomic E-state index is 12.8. The highest BCUT2D eigenvalue weighted by Gasteiger charge is 2.49. The summed E-state index contributed by atoms with van der Waals surface area (Å²) in [6, 6.07) is 11.8. The van der Waals surface area contributed by atoms with Gasteiger partial charge in [0.15, 0.2) is 0 Å². The number of anilines is 1. The van der Waals surface area contributed by atoms with Crippen LogP contribution < -0.4 is 15.4 Å². The molecule has 1 aliphatic rings. The molecule has 0 aromatic heterocycles. The Morgan fingerprint density at radius 2 is 1.93 bits per heavy atom. The molecule has 2 N–H and O–H groups in total. The Morgan fingerprint density at radius 1 is 1.24 bits per heavy atom. The van der Waals surface area contributed by atoms with Crippen molar-refractivity contribution >= 4 is 29.2 Å². The van der Waals surface area contributed by atoms with E-state index >= 15 is 0 Å². The number of nitro groups is 1. The number of nitro benzene ring substituents is 1. The van der Waals surface area contributed by atoms with E-state index in [0.717, 1.165) is 11.0 Å². The van der Waals surface area contributed by atoms with Crippen LogP contribution in [0.3, 0.4) is 0 Å². The maximum Gasteiger partial charge on any atom is 0.325 e. The number of urea groups is 1. The van der Waals surface area contributed by atoms with E-state index in [9.17, 15) is 24.5 Å². The fraction of sp³-hybridized carbons (Fsp3) is 0.211. The van der Waals surface area contributed by atoms with Crippen LogP contribution >= 0.6 is 0 Å². The van der Waals surface area contributed by atoms with E-state index in [1.54, 1.807) is 37.3 Å². The number of nitrogens with one attached hydrogen (secondary N) is 2. The predicted octanol–water partition coefficient (Wildman–Crippen LogP) is 2.01. The summed E-state index contributed by atoms with van der Waals surface area (Å²) in [6.45, 7) is 0.963. The number of hydrogen-bond acceptors (Lipinski definition) is 6. The second-order valence-corrected chi connectivity index (χ2v) is 6.50. The molecule has 1 saturated heterocycles. The third kappa shape index (κ3) is 3.72. The predicted molar refractivity (Wildman–Crippen MR) is 102 cm³/mol. The number of imide groups is 1. The fourth-order valence-corrected chi connectivity index (χ4v) is 3.04. The number of amides is 4. The van der Waals surface area contributed by atoms with E-state index in [1.807, 2.05) is 0 Å². The van der Waals surface area contributed by atoms with Gasteiger partial charge in [0.1, 0.15) is 23.5 Å². The zero-order chi connectivity index (χ0) is 21.2. The quantitative estimate of drug-likeness (QED) is 0.435. The van der Waals surface area contributed by atoms with Crippen LogP contribution in [-0.2, 0) is 15.1 Å². The summed E-state index contributed by atoms with van der Waals surface area (Å²) in [6.07, 6.45) is 0. The molecule has 10 heteroatoms. The number of carbonyl (C=O) groups is 3. The molecule has 1 atom stereocenters. The smallest absolute Gasteiger partial charge is 0.325 e. The molecule has 0 bridgehead atoms. The molecule has 1 unspecified atom stereocenters. The van der Waals surface area contributed by atoms with Crippen LogP contribution in [0.25, 0.3) is 0 Å². The van der Waals surface area contributed by atoms with Gasteiger partial charge >= 0.3 is 6.03 Å². The van der Waals surface area contributed by atoms with E-state index in [2.05, 4.69) is 10.6 Å². The van der Waals surface area contributed by atoms with Crippen molar-refractivity contribution in [3.63, 3.8) is 0 Å². The van der Waals surface area contributed by atoms with Gasteiger partial charge in [-0.3, -0.25) is 24.6 Å². The molecule has 4 amide bonds. The molecule has 0 aliphatic carbocycles. The Hall–Kier alpha value is -3.95. The summed E-state index contributed by atoms with van der Waals surface area (Å²) in [4.78, 5) is 48.9. The average Bonchev–Trinajstić information content (AvgIpc) is 2.92. The Bertz CT molecular complexity index is 993. The van der Waals surface area contributed by atoms with Gasteiger partial charge in [-0.1, -0.05) is 30.3 Å². The molecule has 29 heavy (non-hydrogen) atoms. The van der Waals surface area contributed by atoms with E-state index in [-0.39, 0.29) is 17.1 Å². The molecular weight excluding hydrogens is 380 g/mol. The minimum absolute atomic E-state index is 0.0707. The van der Waals surface area contributed by atoms with Crippen LogP contribution in [0.1, 0.15) is 12.5 Å². The third-order valence-corrected chi connectivity index (χ3v) is 4.60. The lowest BCUT2D eigenvalue weighted by atomic mass is 9.92. The normalized spacial score (nSPS) is 18.3. The number of benzene rings is 2. The molecule has 0 radical (unpaired) electrons. The summed E-state index contributed by atoms with van der Waals surface area (Å²) in [5.74, 6) is -1.09. The lowest BCUT2D eigenvalue weighted by Gasteiger charge is -2.22. The van der Waals surface area contributed by atoms with Gasteiger partial charge in [-0.05, 0) is 24.6 Å². The number of nitrogens with zero attached hydrogens (tertiary/aromatic N) is 2. The van der Waals surface area contributed by atoms with Crippen LogP contribution in [0.4, 0.5) is 16.2 Å².